The van der Waals surface area contributed by atoms with Gasteiger partial charge in [-0.2, -0.15) is 0 Å². The molecule has 4 atom stereocenters. The molecule has 2 fully saturated rings. The van der Waals surface area contributed by atoms with Gasteiger partial charge in [0.25, 0.3) is 0 Å². The van der Waals surface area contributed by atoms with Crippen LogP contribution in [0.25, 0.3) is 0 Å². The molecule has 0 spiro atoms. The van der Waals surface area contributed by atoms with Gasteiger partial charge >= 0.3 is 0 Å². The Balaban J connectivity index is 2.14. The molecule has 0 radical (unpaired) electrons. The van der Waals surface area contributed by atoms with Gasteiger partial charge in [-0.15, -0.1) is 0 Å². The van der Waals surface area contributed by atoms with Crippen LogP contribution in [0.4, 0.5) is 0 Å². The molecule has 2 aliphatic rings. The first-order valence-corrected chi connectivity index (χ1v) is 5.38. The Hall–Kier alpha value is 0.690. The third-order valence-electron chi connectivity index (χ3n) is 3.05. The third kappa shape index (κ3) is 0.998. The molecule has 4 unspecified atom stereocenters. The van der Waals surface area contributed by atoms with Crippen molar-refractivity contribution in [3.8, 4) is 0 Å². The van der Waals surface area contributed by atoms with Crippen LogP contribution in [-0.4, -0.2) is 17.0 Å². The van der Waals surface area contributed by atoms with E-state index >= 15 is 0 Å². The summed E-state index contributed by atoms with van der Waals surface area (Å²) in [4.78, 5) is 0. The minimum atomic E-state index is 0.967. The van der Waals surface area contributed by atoms with Crippen molar-refractivity contribution in [3.05, 3.63) is 0 Å². The van der Waals surface area contributed by atoms with Crippen molar-refractivity contribution < 1.29 is 0 Å². The molecule has 1 saturated heterocycles. The molecule has 2 heteroatoms. The maximum Gasteiger partial charge on any atom is 0.0193 e. The highest BCUT2D eigenvalue weighted by Crippen LogP contribution is 2.42. The molecule has 2 rings (SSSR count). The van der Waals surface area contributed by atoms with Crippen LogP contribution < -0.4 is 5.32 Å². The molecule has 58 valence electrons. The molecule has 10 heavy (non-hydrogen) atoms. The molecule has 1 heterocycles. The normalized spacial score (nSPS) is 53.4. The van der Waals surface area contributed by atoms with Gasteiger partial charge in [-0.1, -0.05) is 29.5 Å². The Morgan fingerprint density at radius 1 is 1.40 bits per heavy atom. The molecule has 1 aliphatic carbocycles. The molecular formula is C8H14IN. The number of hydrogen-bond acceptors (Lipinski definition) is 1. The van der Waals surface area contributed by atoms with Crippen LogP contribution in [0.2, 0.25) is 0 Å². The molecule has 1 nitrogen and oxygen atoms in total. The van der Waals surface area contributed by atoms with Gasteiger partial charge in [0.15, 0.2) is 0 Å². The van der Waals surface area contributed by atoms with Gasteiger partial charge in [-0.3, -0.25) is 0 Å². The van der Waals surface area contributed by atoms with Gasteiger partial charge in [-0.25, -0.2) is 0 Å². The van der Waals surface area contributed by atoms with Crippen molar-refractivity contribution in [1.29, 1.82) is 0 Å². The highest BCUT2D eigenvalue weighted by molar-refractivity contribution is 14.1. The van der Waals surface area contributed by atoms with Crippen molar-refractivity contribution in [3.63, 3.8) is 0 Å². The van der Waals surface area contributed by atoms with E-state index in [-0.39, 0.29) is 0 Å². The predicted octanol–water partition coefficient (Wildman–Crippen LogP) is 1.67. The van der Waals surface area contributed by atoms with Crippen molar-refractivity contribution >= 4 is 22.6 Å². The fourth-order valence-electron chi connectivity index (χ4n) is 2.39. The van der Waals surface area contributed by atoms with E-state index in [1.54, 1.807) is 0 Å². The SMILES string of the molecule is CC1CC2CNCC1C2I. The molecule has 2 bridgehead atoms. The zero-order valence-electron chi connectivity index (χ0n) is 6.31. The van der Waals surface area contributed by atoms with E-state index in [1.165, 1.54) is 19.5 Å². The quantitative estimate of drug-likeness (QED) is 0.510. The van der Waals surface area contributed by atoms with Crippen LogP contribution in [0.1, 0.15) is 13.3 Å². The lowest BCUT2D eigenvalue weighted by Gasteiger charge is -2.26. The molecule has 1 saturated carbocycles. The largest absolute Gasteiger partial charge is 0.316 e. The molecule has 0 aromatic heterocycles. The van der Waals surface area contributed by atoms with Crippen LogP contribution in [0, 0.1) is 17.8 Å². The Kier molecular flexibility index (Phi) is 1.93. The Labute approximate surface area is 76.1 Å². The first kappa shape index (κ1) is 7.35. The smallest absolute Gasteiger partial charge is 0.0193 e. The Morgan fingerprint density at radius 2 is 2.20 bits per heavy atom. The maximum atomic E-state index is 3.50. The average Bonchev–Trinajstić information content (AvgIpc) is 2.16. The van der Waals surface area contributed by atoms with Gasteiger partial charge < -0.3 is 5.32 Å². The summed E-state index contributed by atoms with van der Waals surface area (Å²) in [5.74, 6) is 2.93. The number of halogens is 1. The summed E-state index contributed by atoms with van der Waals surface area (Å²) in [5.41, 5.74) is 0. The molecule has 1 N–H and O–H groups in total. The molecular weight excluding hydrogens is 237 g/mol. The van der Waals surface area contributed by atoms with Crippen molar-refractivity contribution in [2.75, 3.05) is 13.1 Å². The van der Waals surface area contributed by atoms with E-state index in [0.717, 1.165) is 21.7 Å². The first-order valence-electron chi connectivity index (χ1n) is 4.14. The second kappa shape index (κ2) is 2.63. The van der Waals surface area contributed by atoms with E-state index < -0.39 is 0 Å². The minimum Gasteiger partial charge on any atom is -0.316 e. The van der Waals surface area contributed by atoms with E-state index in [1.807, 2.05) is 0 Å². The van der Waals surface area contributed by atoms with Gasteiger partial charge in [0.2, 0.25) is 0 Å². The number of rotatable bonds is 0. The summed E-state index contributed by atoms with van der Waals surface area (Å²) in [6.07, 6.45) is 1.46. The minimum absolute atomic E-state index is 0.967. The number of alkyl halides is 1. The van der Waals surface area contributed by atoms with Gasteiger partial charge in [-0.05, 0) is 37.3 Å². The molecule has 0 aromatic carbocycles. The van der Waals surface area contributed by atoms with E-state index in [0.29, 0.717) is 0 Å². The summed E-state index contributed by atoms with van der Waals surface area (Å²) in [6, 6.07) is 0. The van der Waals surface area contributed by atoms with Crippen LogP contribution in [0.3, 0.4) is 0 Å². The number of hydrogen-bond donors (Lipinski definition) is 1. The van der Waals surface area contributed by atoms with Crippen LogP contribution in [0.15, 0.2) is 0 Å². The zero-order chi connectivity index (χ0) is 7.14. The molecule has 0 amide bonds. The van der Waals surface area contributed by atoms with Gasteiger partial charge in [0.05, 0.1) is 0 Å². The number of nitrogens with one attached hydrogen (secondary N) is 1. The topological polar surface area (TPSA) is 12.0 Å². The summed E-state index contributed by atoms with van der Waals surface area (Å²) in [7, 11) is 0. The molecule has 0 aromatic rings. The van der Waals surface area contributed by atoms with Crippen LogP contribution in [0.5, 0.6) is 0 Å². The van der Waals surface area contributed by atoms with E-state index in [2.05, 4.69) is 34.8 Å². The van der Waals surface area contributed by atoms with Crippen LogP contribution >= 0.6 is 22.6 Å². The van der Waals surface area contributed by atoms with E-state index in [9.17, 15) is 0 Å². The second-order valence-corrected chi connectivity index (χ2v) is 5.18. The van der Waals surface area contributed by atoms with E-state index in [4.69, 9.17) is 0 Å². The Morgan fingerprint density at radius 3 is 2.80 bits per heavy atom. The maximum absolute atomic E-state index is 3.50. The average molecular weight is 251 g/mol. The van der Waals surface area contributed by atoms with Gasteiger partial charge in [0.1, 0.15) is 0 Å². The number of fused-ring (bicyclic) bond motifs is 2. The molecule has 1 aliphatic heterocycles. The van der Waals surface area contributed by atoms with Crippen molar-refractivity contribution in [1.82, 2.24) is 5.32 Å². The summed E-state index contributed by atoms with van der Waals surface area (Å²) in [6.45, 7) is 4.95. The summed E-state index contributed by atoms with van der Waals surface area (Å²) >= 11 is 2.65. The lowest BCUT2D eigenvalue weighted by Crippen LogP contribution is -2.39. The van der Waals surface area contributed by atoms with Crippen LogP contribution in [-0.2, 0) is 0 Å². The summed E-state index contributed by atoms with van der Waals surface area (Å²) < 4.78 is 0.967. The lowest BCUT2D eigenvalue weighted by molar-refractivity contribution is 0.377. The third-order valence-corrected chi connectivity index (χ3v) is 4.99. The van der Waals surface area contributed by atoms with Crippen molar-refractivity contribution in [2.45, 2.75) is 17.3 Å². The van der Waals surface area contributed by atoms with Gasteiger partial charge in [0, 0.05) is 3.92 Å². The van der Waals surface area contributed by atoms with Crippen molar-refractivity contribution in [2.24, 2.45) is 17.8 Å². The Bertz CT molecular complexity index is 137. The second-order valence-electron chi connectivity index (χ2n) is 3.74. The fourth-order valence-corrected chi connectivity index (χ4v) is 3.90. The summed E-state index contributed by atoms with van der Waals surface area (Å²) in [5, 5.41) is 3.50. The predicted molar refractivity (Wildman–Crippen MR) is 51.4 cm³/mol. The lowest BCUT2D eigenvalue weighted by atomic mass is 9.97. The highest BCUT2D eigenvalue weighted by atomic mass is 127. The standard InChI is InChI=1S/C8H14IN/c1-5-2-6-3-10-4-7(5)8(6)9/h5-8,10H,2-4H2,1H3. The highest BCUT2D eigenvalue weighted by Gasteiger charge is 2.41. The first-order chi connectivity index (χ1) is 4.79. The monoisotopic (exact) mass is 251 g/mol. The number of piperidine rings is 1. The fraction of sp³-hybridized carbons (Fsp3) is 1.00. The zero-order valence-corrected chi connectivity index (χ0v) is 8.47.